The maximum Gasteiger partial charge on any atom is 0.322 e. The van der Waals surface area contributed by atoms with Crippen molar-refractivity contribution in [1.82, 2.24) is 10.2 Å². The summed E-state index contributed by atoms with van der Waals surface area (Å²) < 4.78 is 5.50. The fraction of sp³-hybridized carbons (Fsp3) is 0.190. The predicted molar refractivity (Wildman–Crippen MR) is 107 cm³/mol. The second-order valence-electron chi connectivity index (χ2n) is 6.42. The Bertz CT molecular complexity index is 946. The summed E-state index contributed by atoms with van der Waals surface area (Å²) in [4.78, 5) is 12.0. The lowest BCUT2D eigenvalue weighted by atomic mass is 10.0. The molecule has 1 aromatic heterocycles. The Kier molecular flexibility index (Phi) is 6.04. The molecule has 5 nitrogen and oxygen atoms in total. The molecule has 0 saturated carbocycles. The summed E-state index contributed by atoms with van der Waals surface area (Å²) in [6.07, 6.45) is 3.51. The minimum atomic E-state index is -0.369. The van der Waals surface area contributed by atoms with Crippen LogP contribution in [0.4, 0.5) is 6.01 Å². The lowest BCUT2D eigenvalue weighted by Crippen LogP contribution is -2.07. The summed E-state index contributed by atoms with van der Waals surface area (Å²) in [6.45, 7) is 4.31. The highest BCUT2D eigenvalue weighted by Gasteiger charge is 2.09. The maximum absolute atomic E-state index is 12.0. The van der Waals surface area contributed by atoms with Gasteiger partial charge in [0.2, 0.25) is 5.89 Å². The molecule has 2 aromatic carbocycles. The number of anilines is 1. The molecule has 0 fully saturated rings. The van der Waals surface area contributed by atoms with Crippen LogP contribution in [0.2, 0.25) is 5.02 Å². The van der Waals surface area contributed by atoms with Crippen LogP contribution in [-0.2, 0) is 11.2 Å². The number of amides is 1. The zero-order valence-electron chi connectivity index (χ0n) is 15.1. The van der Waals surface area contributed by atoms with Crippen LogP contribution in [0.5, 0.6) is 0 Å². The molecule has 0 aliphatic rings. The van der Waals surface area contributed by atoms with Crippen LogP contribution in [0.15, 0.2) is 59.0 Å². The number of aromatic nitrogens is 2. The molecule has 3 rings (SSSR count). The zero-order chi connectivity index (χ0) is 19.2. The standard InChI is InChI=1S/C21H20ClN3O2/c1-14(2)16-9-7-15(8-10-16)13-20-24-25-21(27-20)23-19(26)12-11-17-5-3-4-6-18(17)22/h3-12,14H,13H2,1-2H3,(H,23,25,26)/b12-11+. The number of benzene rings is 2. The molecule has 1 amide bonds. The van der Waals surface area contributed by atoms with Crippen molar-refractivity contribution < 1.29 is 9.21 Å². The van der Waals surface area contributed by atoms with Gasteiger partial charge in [-0.25, -0.2) is 0 Å². The third-order valence-electron chi connectivity index (χ3n) is 4.02. The van der Waals surface area contributed by atoms with Crippen LogP contribution in [-0.4, -0.2) is 16.1 Å². The van der Waals surface area contributed by atoms with Gasteiger partial charge in [-0.1, -0.05) is 73.0 Å². The van der Waals surface area contributed by atoms with Crippen LogP contribution in [0.3, 0.4) is 0 Å². The van der Waals surface area contributed by atoms with Crippen molar-refractivity contribution in [1.29, 1.82) is 0 Å². The maximum atomic E-state index is 12.0. The van der Waals surface area contributed by atoms with Gasteiger partial charge in [-0.05, 0) is 34.8 Å². The van der Waals surface area contributed by atoms with E-state index in [1.165, 1.54) is 11.6 Å². The average Bonchev–Trinajstić information content (AvgIpc) is 3.08. The summed E-state index contributed by atoms with van der Waals surface area (Å²) >= 11 is 6.05. The van der Waals surface area contributed by atoms with E-state index in [0.717, 1.165) is 11.1 Å². The summed E-state index contributed by atoms with van der Waals surface area (Å²) in [7, 11) is 0. The number of nitrogens with one attached hydrogen (secondary N) is 1. The minimum absolute atomic E-state index is 0.0672. The van der Waals surface area contributed by atoms with E-state index in [-0.39, 0.29) is 11.9 Å². The molecular weight excluding hydrogens is 362 g/mol. The molecule has 0 saturated heterocycles. The first-order valence-electron chi connectivity index (χ1n) is 8.66. The highest BCUT2D eigenvalue weighted by Crippen LogP contribution is 2.18. The monoisotopic (exact) mass is 381 g/mol. The van der Waals surface area contributed by atoms with E-state index in [1.807, 2.05) is 30.3 Å². The Hall–Kier alpha value is -2.92. The van der Waals surface area contributed by atoms with Crippen molar-refractivity contribution >= 4 is 29.6 Å². The van der Waals surface area contributed by atoms with Crippen LogP contribution >= 0.6 is 11.6 Å². The number of hydrogen-bond acceptors (Lipinski definition) is 4. The van der Waals surface area contributed by atoms with E-state index in [0.29, 0.717) is 23.3 Å². The first kappa shape index (κ1) is 18.9. The Morgan fingerprint density at radius 3 is 2.59 bits per heavy atom. The van der Waals surface area contributed by atoms with Gasteiger partial charge in [-0.2, -0.15) is 0 Å². The van der Waals surface area contributed by atoms with Crippen molar-refractivity contribution in [3.8, 4) is 0 Å². The van der Waals surface area contributed by atoms with E-state index < -0.39 is 0 Å². The first-order valence-corrected chi connectivity index (χ1v) is 9.04. The Morgan fingerprint density at radius 2 is 1.89 bits per heavy atom. The van der Waals surface area contributed by atoms with E-state index >= 15 is 0 Å². The number of nitrogens with zero attached hydrogens (tertiary/aromatic N) is 2. The smallest absolute Gasteiger partial charge is 0.322 e. The van der Waals surface area contributed by atoms with Crippen molar-refractivity contribution in [2.45, 2.75) is 26.2 Å². The molecule has 0 unspecified atom stereocenters. The summed E-state index contributed by atoms with van der Waals surface area (Å²) in [6, 6.07) is 15.6. The minimum Gasteiger partial charge on any atom is -0.407 e. The topological polar surface area (TPSA) is 68.0 Å². The fourth-order valence-corrected chi connectivity index (χ4v) is 2.69. The van der Waals surface area contributed by atoms with Gasteiger partial charge < -0.3 is 4.42 Å². The van der Waals surface area contributed by atoms with Gasteiger partial charge in [0, 0.05) is 11.1 Å². The molecule has 138 valence electrons. The van der Waals surface area contributed by atoms with Gasteiger partial charge in [-0.15, -0.1) is 5.10 Å². The summed E-state index contributed by atoms with van der Waals surface area (Å²) in [5.74, 6) is 0.562. The molecule has 0 spiro atoms. The van der Waals surface area contributed by atoms with E-state index in [4.69, 9.17) is 16.0 Å². The second kappa shape index (κ2) is 8.64. The summed E-state index contributed by atoms with van der Waals surface area (Å²) in [5, 5.41) is 11.0. The van der Waals surface area contributed by atoms with E-state index in [2.05, 4.69) is 41.5 Å². The Morgan fingerprint density at radius 1 is 1.15 bits per heavy atom. The van der Waals surface area contributed by atoms with Crippen LogP contribution in [0, 0.1) is 0 Å². The molecule has 0 atom stereocenters. The second-order valence-corrected chi connectivity index (χ2v) is 6.83. The van der Waals surface area contributed by atoms with Crippen molar-refractivity contribution in [3.63, 3.8) is 0 Å². The van der Waals surface area contributed by atoms with E-state index in [1.54, 1.807) is 12.1 Å². The Balaban J connectivity index is 1.59. The van der Waals surface area contributed by atoms with Crippen molar-refractivity contribution in [3.05, 3.63) is 82.2 Å². The normalized spacial score (nSPS) is 11.3. The quantitative estimate of drug-likeness (QED) is 0.604. The number of hydrogen-bond donors (Lipinski definition) is 1. The molecule has 0 bridgehead atoms. The fourth-order valence-electron chi connectivity index (χ4n) is 2.49. The number of carbonyl (C=O) groups is 1. The third kappa shape index (κ3) is 5.28. The average molecular weight is 382 g/mol. The lowest BCUT2D eigenvalue weighted by molar-refractivity contribution is -0.112. The molecule has 27 heavy (non-hydrogen) atoms. The van der Waals surface area contributed by atoms with Crippen molar-refractivity contribution in [2.75, 3.05) is 5.32 Å². The largest absolute Gasteiger partial charge is 0.407 e. The van der Waals surface area contributed by atoms with Gasteiger partial charge in [0.15, 0.2) is 0 Å². The molecule has 0 aliphatic heterocycles. The molecular formula is C21H20ClN3O2. The van der Waals surface area contributed by atoms with Crippen molar-refractivity contribution in [2.24, 2.45) is 0 Å². The molecule has 0 aliphatic carbocycles. The first-order chi connectivity index (χ1) is 13.0. The van der Waals surface area contributed by atoms with Gasteiger partial charge in [0.1, 0.15) is 0 Å². The molecule has 1 N–H and O–H groups in total. The molecule has 1 heterocycles. The summed E-state index contributed by atoms with van der Waals surface area (Å²) in [5.41, 5.74) is 3.10. The number of halogens is 1. The molecule has 0 radical (unpaired) electrons. The van der Waals surface area contributed by atoms with Gasteiger partial charge in [0.25, 0.3) is 5.91 Å². The SMILES string of the molecule is CC(C)c1ccc(Cc2nnc(NC(=O)/C=C/c3ccccc3Cl)o2)cc1. The third-order valence-corrected chi connectivity index (χ3v) is 4.36. The lowest BCUT2D eigenvalue weighted by Gasteiger charge is -2.05. The van der Waals surface area contributed by atoms with Crippen LogP contribution < -0.4 is 5.32 Å². The van der Waals surface area contributed by atoms with E-state index in [9.17, 15) is 4.79 Å². The predicted octanol–water partition coefficient (Wildman–Crippen LogP) is 5.09. The highest BCUT2D eigenvalue weighted by molar-refractivity contribution is 6.32. The van der Waals surface area contributed by atoms with Crippen LogP contribution in [0.1, 0.15) is 42.3 Å². The van der Waals surface area contributed by atoms with Gasteiger partial charge >= 0.3 is 6.01 Å². The Labute approximate surface area is 163 Å². The highest BCUT2D eigenvalue weighted by atomic mass is 35.5. The van der Waals surface area contributed by atoms with Gasteiger partial charge in [0.05, 0.1) is 6.42 Å². The number of carbonyl (C=O) groups excluding carboxylic acids is 1. The molecule has 6 heteroatoms. The zero-order valence-corrected chi connectivity index (χ0v) is 15.9. The van der Waals surface area contributed by atoms with Gasteiger partial charge in [-0.3, -0.25) is 10.1 Å². The molecule has 3 aromatic rings. The van der Waals surface area contributed by atoms with Crippen LogP contribution in [0.25, 0.3) is 6.08 Å². The number of rotatable bonds is 6.